The summed E-state index contributed by atoms with van der Waals surface area (Å²) in [5, 5.41) is 4.29. The van der Waals surface area contributed by atoms with Crippen LogP contribution in [0.25, 0.3) is 11.1 Å². The summed E-state index contributed by atoms with van der Waals surface area (Å²) in [7, 11) is 0. The van der Waals surface area contributed by atoms with Gasteiger partial charge in [0.05, 0.1) is 5.56 Å². The highest BCUT2D eigenvalue weighted by atomic mass is 35.5. The molecule has 0 aliphatic carbocycles. The van der Waals surface area contributed by atoms with Crippen molar-refractivity contribution in [2.45, 2.75) is 38.6 Å². The minimum absolute atomic E-state index is 0.00177. The number of pyridine rings is 1. The summed E-state index contributed by atoms with van der Waals surface area (Å²) in [4.78, 5) is 19.5. The average molecular weight is 434 g/mol. The van der Waals surface area contributed by atoms with Crippen LogP contribution in [-0.4, -0.2) is 24.0 Å². The van der Waals surface area contributed by atoms with E-state index >= 15 is 0 Å². The van der Waals surface area contributed by atoms with E-state index in [1.165, 1.54) is 19.3 Å². The highest BCUT2D eigenvalue weighted by Crippen LogP contribution is 2.30. The van der Waals surface area contributed by atoms with E-state index in [4.69, 9.17) is 11.6 Å². The van der Waals surface area contributed by atoms with Gasteiger partial charge in [-0.1, -0.05) is 49.1 Å². The first-order valence-corrected chi connectivity index (χ1v) is 11.4. The maximum atomic E-state index is 13.4. The number of fused-ring (bicyclic) bond motifs is 1. The SMILES string of the molecule is O=C(c1cccnc1)N1CCCCCCCNCc2cc(-c3cccc(Cl)c3)ccc21. The molecular weight excluding hydrogens is 406 g/mol. The van der Waals surface area contributed by atoms with Gasteiger partial charge < -0.3 is 10.2 Å². The number of benzene rings is 2. The number of halogens is 1. The smallest absolute Gasteiger partial charge is 0.259 e. The van der Waals surface area contributed by atoms with Crippen LogP contribution in [0.3, 0.4) is 0 Å². The van der Waals surface area contributed by atoms with E-state index in [1.807, 2.05) is 35.2 Å². The van der Waals surface area contributed by atoms with Crippen LogP contribution >= 0.6 is 11.6 Å². The van der Waals surface area contributed by atoms with Gasteiger partial charge in [-0.05, 0) is 72.5 Å². The molecule has 0 bridgehead atoms. The second kappa shape index (κ2) is 10.6. The van der Waals surface area contributed by atoms with Crippen molar-refractivity contribution in [3.05, 3.63) is 83.1 Å². The van der Waals surface area contributed by atoms with E-state index in [0.29, 0.717) is 12.1 Å². The number of nitrogens with zero attached hydrogens (tertiary/aromatic N) is 2. The van der Waals surface area contributed by atoms with E-state index in [1.54, 1.807) is 12.4 Å². The summed E-state index contributed by atoms with van der Waals surface area (Å²) in [6.45, 7) is 2.41. The molecule has 5 heteroatoms. The monoisotopic (exact) mass is 433 g/mol. The predicted molar refractivity (Wildman–Crippen MR) is 128 cm³/mol. The zero-order valence-corrected chi connectivity index (χ0v) is 18.4. The first-order valence-electron chi connectivity index (χ1n) is 11.0. The predicted octanol–water partition coefficient (Wildman–Crippen LogP) is 6.10. The summed E-state index contributed by atoms with van der Waals surface area (Å²) >= 11 is 6.22. The van der Waals surface area contributed by atoms with Crippen LogP contribution in [0.15, 0.2) is 67.0 Å². The zero-order valence-electron chi connectivity index (χ0n) is 17.7. The maximum absolute atomic E-state index is 13.4. The van der Waals surface area contributed by atoms with Crippen molar-refractivity contribution in [2.75, 3.05) is 18.0 Å². The van der Waals surface area contributed by atoms with E-state index in [2.05, 4.69) is 34.6 Å². The number of amides is 1. The third-order valence-electron chi connectivity index (χ3n) is 5.73. The fourth-order valence-corrected chi connectivity index (χ4v) is 4.28. The highest BCUT2D eigenvalue weighted by Gasteiger charge is 2.21. The molecular formula is C26H28ClN3O. The van der Waals surface area contributed by atoms with E-state index in [-0.39, 0.29) is 5.91 Å². The van der Waals surface area contributed by atoms with E-state index in [0.717, 1.165) is 53.3 Å². The summed E-state index contributed by atoms with van der Waals surface area (Å²) in [6.07, 6.45) is 9.08. The molecule has 1 aromatic heterocycles. The lowest BCUT2D eigenvalue weighted by Gasteiger charge is -2.27. The average Bonchev–Trinajstić information content (AvgIpc) is 2.80. The molecule has 4 nitrogen and oxygen atoms in total. The van der Waals surface area contributed by atoms with Gasteiger partial charge in [0, 0.05) is 36.2 Å². The van der Waals surface area contributed by atoms with Gasteiger partial charge in [0.15, 0.2) is 0 Å². The first kappa shape index (κ1) is 21.5. The van der Waals surface area contributed by atoms with Crippen molar-refractivity contribution < 1.29 is 4.79 Å². The quantitative estimate of drug-likeness (QED) is 0.530. The van der Waals surface area contributed by atoms with Crippen LogP contribution in [0.5, 0.6) is 0 Å². The molecule has 1 N–H and O–H groups in total. The Bertz CT molecular complexity index is 1020. The van der Waals surface area contributed by atoms with Crippen LogP contribution in [0, 0.1) is 0 Å². The van der Waals surface area contributed by atoms with Gasteiger partial charge in [-0.25, -0.2) is 0 Å². The van der Waals surface area contributed by atoms with Crippen molar-refractivity contribution >= 4 is 23.2 Å². The summed E-state index contributed by atoms with van der Waals surface area (Å²) in [5.41, 5.74) is 4.88. The molecule has 4 rings (SSSR count). The van der Waals surface area contributed by atoms with Crippen LogP contribution < -0.4 is 10.2 Å². The summed E-state index contributed by atoms with van der Waals surface area (Å²) in [6, 6.07) is 17.9. The fraction of sp³-hybridized carbons (Fsp3) is 0.308. The molecule has 1 amide bonds. The molecule has 0 saturated heterocycles. The summed E-state index contributed by atoms with van der Waals surface area (Å²) in [5.74, 6) is 0.00177. The molecule has 1 aliphatic heterocycles. The third-order valence-corrected chi connectivity index (χ3v) is 5.97. The molecule has 0 radical (unpaired) electrons. The number of carbonyl (C=O) groups excluding carboxylic acids is 1. The van der Waals surface area contributed by atoms with Gasteiger partial charge in [-0.2, -0.15) is 0 Å². The molecule has 160 valence electrons. The number of aromatic nitrogens is 1. The number of nitrogens with one attached hydrogen (secondary N) is 1. The Labute approximate surface area is 189 Å². The molecule has 31 heavy (non-hydrogen) atoms. The van der Waals surface area contributed by atoms with E-state index < -0.39 is 0 Å². The molecule has 1 aliphatic rings. The number of hydrogen-bond acceptors (Lipinski definition) is 3. The van der Waals surface area contributed by atoms with Crippen molar-refractivity contribution in [1.82, 2.24) is 10.3 Å². The molecule has 0 spiro atoms. The Hall–Kier alpha value is -2.69. The van der Waals surface area contributed by atoms with Crippen molar-refractivity contribution in [3.63, 3.8) is 0 Å². The lowest BCUT2D eigenvalue weighted by molar-refractivity contribution is 0.0986. The molecule has 0 saturated carbocycles. The second-order valence-electron chi connectivity index (χ2n) is 8.00. The van der Waals surface area contributed by atoms with E-state index in [9.17, 15) is 4.79 Å². The van der Waals surface area contributed by atoms with Gasteiger partial charge in [-0.15, -0.1) is 0 Å². The Kier molecular flexibility index (Phi) is 7.34. The second-order valence-corrected chi connectivity index (χ2v) is 8.43. The number of rotatable bonds is 2. The zero-order chi connectivity index (χ0) is 21.5. The van der Waals surface area contributed by atoms with Gasteiger partial charge in [0.25, 0.3) is 5.91 Å². The maximum Gasteiger partial charge on any atom is 0.259 e. The lowest BCUT2D eigenvalue weighted by Crippen LogP contribution is -2.33. The standard InChI is InChI=1S/C26H28ClN3O/c27-24-10-6-8-20(17-24)21-11-12-25-23(16-21)19-28-13-4-2-1-3-5-15-30(25)26(31)22-9-7-14-29-18-22/h6-12,14,16-18,28H,1-5,13,15,19H2. The minimum Gasteiger partial charge on any atom is -0.313 e. The van der Waals surface area contributed by atoms with Gasteiger partial charge >= 0.3 is 0 Å². The largest absolute Gasteiger partial charge is 0.313 e. The Balaban J connectivity index is 1.74. The Morgan fingerprint density at radius 2 is 1.77 bits per heavy atom. The van der Waals surface area contributed by atoms with Crippen LogP contribution in [0.2, 0.25) is 5.02 Å². The van der Waals surface area contributed by atoms with Gasteiger partial charge in [0.1, 0.15) is 0 Å². The van der Waals surface area contributed by atoms with Crippen molar-refractivity contribution in [1.29, 1.82) is 0 Å². The molecule has 0 unspecified atom stereocenters. The molecule has 3 aromatic rings. The van der Waals surface area contributed by atoms with Crippen LogP contribution in [0.4, 0.5) is 5.69 Å². The van der Waals surface area contributed by atoms with Gasteiger partial charge in [-0.3, -0.25) is 9.78 Å². The molecule has 2 aromatic carbocycles. The molecule has 0 atom stereocenters. The normalized spacial score (nSPS) is 15.5. The lowest BCUT2D eigenvalue weighted by atomic mass is 10.00. The van der Waals surface area contributed by atoms with Crippen LogP contribution in [0.1, 0.15) is 48.0 Å². The number of anilines is 1. The van der Waals surface area contributed by atoms with Crippen molar-refractivity contribution in [2.24, 2.45) is 0 Å². The Morgan fingerprint density at radius 1 is 0.935 bits per heavy atom. The third kappa shape index (κ3) is 5.52. The van der Waals surface area contributed by atoms with Gasteiger partial charge in [0.2, 0.25) is 0 Å². The van der Waals surface area contributed by atoms with Crippen LogP contribution in [-0.2, 0) is 6.54 Å². The highest BCUT2D eigenvalue weighted by molar-refractivity contribution is 6.30. The van der Waals surface area contributed by atoms with Crippen molar-refractivity contribution in [3.8, 4) is 11.1 Å². The molecule has 0 fully saturated rings. The number of carbonyl (C=O) groups is 1. The first-order chi connectivity index (χ1) is 15.2. The Morgan fingerprint density at radius 3 is 2.61 bits per heavy atom. The molecule has 2 heterocycles. The fourth-order valence-electron chi connectivity index (χ4n) is 4.09. The number of hydrogen-bond donors (Lipinski definition) is 1. The topological polar surface area (TPSA) is 45.2 Å². The minimum atomic E-state index is 0.00177. The summed E-state index contributed by atoms with van der Waals surface area (Å²) < 4.78 is 0.